The second-order valence-electron chi connectivity index (χ2n) is 6.36. The number of carbonyl (C=O) groups excluding carboxylic acids is 1. The van der Waals surface area contributed by atoms with Crippen molar-refractivity contribution in [2.75, 3.05) is 6.61 Å². The van der Waals surface area contributed by atoms with Gasteiger partial charge >= 0.3 is 5.97 Å². The molecule has 0 bridgehead atoms. The summed E-state index contributed by atoms with van der Waals surface area (Å²) in [4.78, 5) is 11.6. The van der Waals surface area contributed by atoms with Crippen molar-refractivity contribution < 1.29 is 9.53 Å². The Hall–Kier alpha value is -0.530. The highest BCUT2D eigenvalue weighted by Gasteiger charge is 2.13. The van der Waals surface area contributed by atoms with E-state index >= 15 is 0 Å². The van der Waals surface area contributed by atoms with Crippen LogP contribution in [0.15, 0.2) is 0 Å². The summed E-state index contributed by atoms with van der Waals surface area (Å²) in [7, 11) is 0. The monoisotopic (exact) mass is 270 g/mol. The van der Waals surface area contributed by atoms with Gasteiger partial charge in [-0.2, -0.15) is 0 Å². The third-order valence-corrected chi connectivity index (χ3v) is 3.87. The van der Waals surface area contributed by atoms with Gasteiger partial charge in [-0.15, -0.1) is 0 Å². The van der Waals surface area contributed by atoms with E-state index in [1.54, 1.807) is 0 Å². The molecule has 2 nitrogen and oxygen atoms in total. The molecule has 0 aliphatic carbocycles. The SMILES string of the molecule is CCCC(CCC(C)CC)COC(=O)CCC(C)C. The Bertz CT molecular complexity index is 223. The van der Waals surface area contributed by atoms with Crippen LogP contribution >= 0.6 is 0 Å². The average molecular weight is 270 g/mol. The molecular formula is C17H34O2. The first-order chi connectivity index (χ1) is 8.99. The van der Waals surface area contributed by atoms with Crippen molar-refractivity contribution in [1.82, 2.24) is 0 Å². The largest absolute Gasteiger partial charge is 0.465 e. The van der Waals surface area contributed by atoms with E-state index in [1.165, 1.54) is 32.1 Å². The molecule has 2 unspecified atom stereocenters. The fraction of sp³-hybridized carbons (Fsp3) is 0.941. The Morgan fingerprint density at radius 3 is 2.21 bits per heavy atom. The van der Waals surface area contributed by atoms with Crippen LogP contribution < -0.4 is 0 Å². The molecule has 0 saturated carbocycles. The predicted octanol–water partition coefficient (Wildman–Crippen LogP) is 5.21. The molecule has 0 amide bonds. The first-order valence-electron chi connectivity index (χ1n) is 8.15. The Labute approximate surface area is 120 Å². The van der Waals surface area contributed by atoms with Crippen LogP contribution in [0.1, 0.15) is 79.6 Å². The molecule has 0 saturated heterocycles. The van der Waals surface area contributed by atoms with Crippen molar-refractivity contribution in [2.24, 2.45) is 17.8 Å². The van der Waals surface area contributed by atoms with E-state index in [-0.39, 0.29) is 5.97 Å². The molecule has 0 aromatic carbocycles. The molecular weight excluding hydrogens is 236 g/mol. The summed E-state index contributed by atoms with van der Waals surface area (Å²) in [6, 6.07) is 0. The minimum absolute atomic E-state index is 0.0154. The molecule has 0 heterocycles. The number of hydrogen-bond donors (Lipinski definition) is 0. The Morgan fingerprint density at radius 1 is 1.00 bits per heavy atom. The lowest BCUT2D eigenvalue weighted by Gasteiger charge is -2.18. The molecule has 19 heavy (non-hydrogen) atoms. The van der Waals surface area contributed by atoms with Crippen LogP contribution in [0.5, 0.6) is 0 Å². The summed E-state index contributed by atoms with van der Waals surface area (Å²) in [6.45, 7) is 11.7. The van der Waals surface area contributed by atoms with Gasteiger partial charge in [-0.25, -0.2) is 0 Å². The lowest BCUT2D eigenvalue weighted by Crippen LogP contribution is -2.15. The zero-order valence-electron chi connectivity index (χ0n) is 13.7. The van der Waals surface area contributed by atoms with Crippen LogP contribution in [0.3, 0.4) is 0 Å². The van der Waals surface area contributed by atoms with Crippen LogP contribution in [0.4, 0.5) is 0 Å². The van der Waals surface area contributed by atoms with Gasteiger partial charge in [0.25, 0.3) is 0 Å². The van der Waals surface area contributed by atoms with Crippen LogP contribution in [0.2, 0.25) is 0 Å². The minimum atomic E-state index is -0.0154. The maximum atomic E-state index is 11.6. The molecule has 0 spiro atoms. The molecule has 0 fully saturated rings. The van der Waals surface area contributed by atoms with Crippen LogP contribution in [0, 0.1) is 17.8 Å². The summed E-state index contributed by atoms with van der Waals surface area (Å²) in [6.07, 6.45) is 7.55. The van der Waals surface area contributed by atoms with E-state index < -0.39 is 0 Å². The third kappa shape index (κ3) is 11.0. The maximum absolute atomic E-state index is 11.6. The summed E-state index contributed by atoms with van der Waals surface area (Å²) in [5.41, 5.74) is 0. The van der Waals surface area contributed by atoms with E-state index in [0.717, 1.165) is 12.3 Å². The van der Waals surface area contributed by atoms with Crippen molar-refractivity contribution >= 4 is 5.97 Å². The van der Waals surface area contributed by atoms with E-state index in [1.807, 2.05) is 0 Å². The highest BCUT2D eigenvalue weighted by molar-refractivity contribution is 5.69. The fourth-order valence-electron chi connectivity index (χ4n) is 2.13. The van der Waals surface area contributed by atoms with Gasteiger partial charge in [0.2, 0.25) is 0 Å². The molecule has 0 aromatic heterocycles. The van der Waals surface area contributed by atoms with Crippen LogP contribution in [-0.2, 0) is 9.53 Å². The van der Waals surface area contributed by atoms with E-state index in [2.05, 4.69) is 34.6 Å². The summed E-state index contributed by atoms with van der Waals surface area (Å²) >= 11 is 0. The molecule has 114 valence electrons. The van der Waals surface area contributed by atoms with Gasteiger partial charge in [0.15, 0.2) is 0 Å². The third-order valence-electron chi connectivity index (χ3n) is 3.87. The topological polar surface area (TPSA) is 26.3 Å². The van der Waals surface area contributed by atoms with Crippen molar-refractivity contribution in [1.29, 1.82) is 0 Å². The van der Waals surface area contributed by atoms with Crippen molar-refractivity contribution in [3.63, 3.8) is 0 Å². The van der Waals surface area contributed by atoms with Gasteiger partial charge in [-0.05, 0) is 37.0 Å². The molecule has 0 rings (SSSR count). The molecule has 2 atom stereocenters. The second-order valence-corrected chi connectivity index (χ2v) is 6.36. The van der Waals surface area contributed by atoms with Gasteiger partial charge in [-0.1, -0.05) is 53.9 Å². The molecule has 2 heteroatoms. The van der Waals surface area contributed by atoms with Crippen LogP contribution in [-0.4, -0.2) is 12.6 Å². The number of hydrogen-bond acceptors (Lipinski definition) is 2. The molecule has 0 aliphatic heterocycles. The number of rotatable bonds is 11. The Morgan fingerprint density at radius 2 is 1.68 bits per heavy atom. The summed E-state index contributed by atoms with van der Waals surface area (Å²) < 4.78 is 5.43. The van der Waals surface area contributed by atoms with Gasteiger partial charge in [0.1, 0.15) is 0 Å². The van der Waals surface area contributed by atoms with Crippen molar-refractivity contribution in [2.45, 2.75) is 79.6 Å². The molecule has 0 radical (unpaired) electrons. The normalized spacial score (nSPS) is 14.4. The van der Waals surface area contributed by atoms with Gasteiger partial charge in [0, 0.05) is 6.42 Å². The Kier molecular flexibility index (Phi) is 11.0. The quantitative estimate of drug-likeness (QED) is 0.482. The van der Waals surface area contributed by atoms with Gasteiger partial charge in [-0.3, -0.25) is 4.79 Å². The van der Waals surface area contributed by atoms with Crippen molar-refractivity contribution in [3.8, 4) is 0 Å². The lowest BCUT2D eigenvalue weighted by molar-refractivity contribution is -0.145. The number of esters is 1. The molecule has 0 N–H and O–H groups in total. The fourth-order valence-corrected chi connectivity index (χ4v) is 2.13. The highest BCUT2D eigenvalue weighted by atomic mass is 16.5. The smallest absolute Gasteiger partial charge is 0.305 e. The molecule has 0 aliphatic rings. The first-order valence-corrected chi connectivity index (χ1v) is 8.15. The van der Waals surface area contributed by atoms with E-state index in [0.29, 0.717) is 24.9 Å². The zero-order valence-corrected chi connectivity index (χ0v) is 13.7. The first kappa shape index (κ1) is 18.5. The summed E-state index contributed by atoms with van der Waals surface area (Å²) in [5, 5.41) is 0. The van der Waals surface area contributed by atoms with Crippen LogP contribution in [0.25, 0.3) is 0 Å². The van der Waals surface area contributed by atoms with Crippen molar-refractivity contribution in [3.05, 3.63) is 0 Å². The maximum Gasteiger partial charge on any atom is 0.305 e. The summed E-state index contributed by atoms with van der Waals surface area (Å²) in [5.74, 6) is 1.90. The minimum Gasteiger partial charge on any atom is -0.465 e. The zero-order chi connectivity index (χ0) is 14.7. The molecule has 0 aromatic rings. The highest BCUT2D eigenvalue weighted by Crippen LogP contribution is 2.19. The van der Waals surface area contributed by atoms with E-state index in [9.17, 15) is 4.79 Å². The van der Waals surface area contributed by atoms with E-state index in [4.69, 9.17) is 4.74 Å². The van der Waals surface area contributed by atoms with Gasteiger partial charge < -0.3 is 4.74 Å². The second kappa shape index (κ2) is 11.3. The number of carbonyl (C=O) groups is 1. The predicted molar refractivity (Wildman–Crippen MR) is 82.1 cm³/mol. The number of ether oxygens (including phenoxy) is 1. The lowest BCUT2D eigenvalue weighted by atomic mass is 9.93. The van der Waals surface area contributed by atoms with Gasteiger partial charge in [0.05, 0.1) is 6.61 Å². The average Bonchev–Trinajstić information content (AvgIpc) is 2.38. The Balaban J connectivity index is 3.89. The standard InChI is InChI=1S/C17H34O2/c1-6-8-16(11-10-15(5)7-2)13-19-17(18)12-9-14(3)4/h14-16H,6-13H2,1-5H3.